The van der Waals surface area contributed by atoms with Crippen molar-refractivity contribution < 1.29 is 14.3 Å². The number of fused-ring (bicyclic) bond motifs is 3. The molecule has 1 aliphatic heterocycles. The molecule has 21 heavy (non-hydrogen) atoms. The van der Waals surface area contributed by atoms with Crippen molar-refractivity contribution in [3.05, 3.63) is 35.5 Å². The Labute approximate surface area is 122 Å². The zero-order valence-electron chi connectivity index (χ0n) is 12.2. The second kappa shape index (κ2) is 5.24. The average molecular weight is 286 g/mol. The van der Waals surface area contributed by atoms with Gasteiger partial charge in [-0.3, -0.25) is 4.79 Å². The van der Waals surface area contributed by atoms with E-state index < -0.39 is 0 Å². The number of benzene rings is 1. The number of nitrogens with one attached hydrogen (secondary N) is 1. The second-order valence-corrected chi connectivity index (χ2v) is 5.29. The smallest absolute Gasteiger partial charge is 0.338 e. The summed E-state index contributed by atoms with van der Waals surface area (Å²) in [6.45, 7) is 4.88. The molecule has 1 aromatic heterocycles. The lowest BCUT2D eigenvalue weighted by atomic mass is 10.1. The van der Waals surface area contributed by atoms with Crippen molar-refractivity contribution in [2.75, 3.05) is 13.2 Å². The van der Waals surface area contributed by atoms with Gasteiger partial charge >= 0.3 is 5.97 Å². The fourth-order valence-electron chi connectivity index (χ4n) is 2.83. The van der Waals surface area contributed by atoms with Crippen LogP contribution in [-0.4, -0.2) is 29.6 Å². The minimum Gasteiger partial charge on any atom is -0.462 e. The predicted octanol–water partition coefficient (Wildman–Crippen LogP) is 2.51. The van der Waals surface area contributed by atoms with Crippen LogP contribution in [-0.2, 0) is 4.74 Å². The Morgan fingerprint density at radius 2 is 2.24 bits per heavy atom. The molecule has 1 N–H and O–H groups in total. The molecule has 0 fully saturated rings. The van der Waals surface area contributed by atoms with Crippen molar-refractivity contribution in [1.82, 2.24) is 9.88 Å². The van der Waals surface area contributed by atoms with E-state index in [9.17, 15) is 9.59 Å². The van der Waals surface area contributed by atoms with Gasteiger partial charge < -0.3 is 14.6 Å². The van der Waals surface area contributed by atoms with E-state index in [1.54, 1.807) is 13.0 Å². The van der Waals surface area contributed by atoms with Gasteiger partial charge in [-0.15, -0.1) is 0 Å². The Morgan fingerprint density at radius 3 is 3.00 bits per heavy atom. The van der Waals surface area contributed by atoms with Crippen molar-refractivity contribution in [2.24, 2.45) is 0 Å². The maximum atomic E-state index is 12.1. The molecule has 3 rings (SSSR count). The standard InChI is InChI=1S/C16H18N2O3/c1-3-21-16(20)12-5-4-11-8-14-15(19)17-7-6-10(2)18(14)13(11)9-12/h4-5,8-10H,3,6-7H2,1-2H3,(H,17,19)/t10-/m1/s1. The Balaban J connectivity index is 2.16. The first-order valence-corrected chi connectivity index (χ1v) is 7.22. The van der Waals surface area contributed by atoms with Crippen LogP contribution in [0.4, 0.5) is 0 Å². The first-order chi connectivity index (χ1) is 10.1. The molecule has 0 saturated carbocycles. The average Bonchev–Trinajstić information content (AvgIpc) is 2.79. The van der Waals surface area contributed by atoms with Gasteiger partial charge in [0.25, 0.3) is 5.91 Å². The van der Waals surface area contributed by atoms with Crippen LogP contribution < -0.4 is 5.32 Å². The van der Waals surface area contributed by atoms with Gasteiger partial charge in [-0.2, -0.15) is 0 Å². The Bertz CT molecular complexity index is 718. The van der Waals surface area contributed by atoms with Gasteiger partial charge in [0.05, 0.1) is 12.2 Å². The third-order valence-corrected chi connectivity index (χ3v) is 3.87. The summed E-state index contributed by atoms with van der Waals surface area (Å²) in [6.07, 6.45) is 0.867. The molecule has 2 heterocycles. The van der Waals surface area contributed by atoms with Gasteiger partial charge in [0, 0.05) is 23.5 Å². The molecule has 0 unspecified atom stereocenters. The summed E-state index contributed by atoms with van der Waals surface area (Å²) in [5.41, 5.74) is 2.07. The fraction of sp³-hybridized carbons (Fsp3) is 0.375. The largest absolute Gasteiger partial charge is 0.462 e. The summed E-state index contributed by atoms with van der Waals surface area (Å²) >= 11 is 0. The van der Waals surface area contributed by atoms with E-state index >= 15 is 0 Å². The van der Waals surface area contributed by atoms with Crippen LogP contribution in [0.3, 0.4) is 0 Å². The molecule has 0 bridgehead atoms. The van der Waals surface area contributed by atoms with Gasteiger partial charge in [0.15, 0.2) is 0 Å². The van der Waals surface area contributed by atoms with E-state index in [-0.39, 0.29) is 17.9 Å². The Kier molecular flexibility index (Phi) is 3.41. The van der Waals surface area contributed by atoms with Crippen molar-refractivity contribution in [1.29, 1.82) is 0 Å². The van der Waals surface area contributed by atoms with Gasteiger partial charge in [-0.1, -0.05) is 6.07 Å². The summed E-state index contributed by atoms with van der Waals surface area (Å²) in [7, 11) is 0. The summed E-state index contributed by atoms with van der Waals surface area (Å²) in [5.74, 6) is -0.395. The monoisotopic (exact) mass is 286 g/mol. The maximum absolute atomic E-state index is 12.1. The molecule has 0 radical (unpaired) electrons. The molecule has 5 nitrogen and oxygen atoms in total. The lowest BCUT2D eigenvalue weighted by molar-refractivity contribution is 0.0526. The molecule has 0 aliphatic carbocycles. The van der Waals surface area contributed by atoms with E-state index in [0.717, 1.165) is 17.3 Å². The fourth-order valence-corrected chi connectivity index (χ4v) is 2.83. The molecule has 1 aromatic carbocycles. The van der Waals surface area contributed by atoms with Crippen LogP contribution in [0.2, 0.25) is 0 Å². The van der Waals surface area contributed by atoms with E-state index in [4.69, 9.17) is 4.74 Å². The lowest BCUT2D eigenvalue weighted by Gasteiger charge is -2.14. The summed E-state index contributed by atoms with van der Waals surface area (Å²) in [4.78, 5) is 24.0. The first-order valence-electron chi connectivity index (χ1n) is 7.22. The summed E-state index contributed by atoms with van der Waals surface area (Å²) in [5, 5.41) is 3.86. The topological polar surface area (TPSA) is 60.3 Å². The third-order valence-electron chi connectivity index (χ3n) is 3.87. The van der Waals surface area contributed by atoms with Crippen molar-refractivity contribution in [3.8, 4) is 0 Å². The van der Waals surface area contributed by atoms with Crippen LogP contribution in [0.15, 0.2) is 24.3 Å². The number of esters is 1. The molecule has 0 saturated heterocycles. The number of hydrogen-bond donors (Lipinski definition) is 1. The maximum Gasteiger partial charge on any atom is 0.338 e. The molecule has 1 amide bonds. The van der Waals surface area contributed by atoms with Crippen molar-refractivity contribution in [2.45, 2.75) is 26.3 Å². The minimum atomic E-state index is -0.333. The van der Waals surface area contributed by atoms with Gasteiger partial charge in [0.2, 0.25) is 0 Å². The number of hydrogen-bond acceptors (Lipinski definition) is 3. The molecular formula is C16H18N2O3. The summed E-state index contributed by atoms with van der Waals surface area (Å²) < 4.78 is 7.06. The van der Waals surface area contributed by atoms with Gasteiger partial charge in [0.1, 0.15) is 5.69 Å². The number of carbonyl (C=O) groups is 2. The molecule has 1 atom stereocenters. The predicted molar refractivity (Wildman–Crippen MR) is 79.6 cm³/mol. The van der Waals surface area contributed by atoms with E-state index in [1.165, 1.54) is 0 Å². The Hall–Kier alpha value is -2.30. The Morgan fingerprint density at radius 1 is 1.43 bits per heavy atom. The molecule has 5 heteroatoms. The van der Waals surface area contributed by atoms with E-state index in [1.807, 2.05) is 22.8 Å². The number of nitrogens with zero attached hydrogens (tertiary/aromatic N) is 1. The van der Waals surface area contributed by atoms with Gasteiger partial charge in [-0.05, 0) is 38.5 Å². The molecule has 0 spiro atoms. The van der Waals surface area contributed by atoms with E-state index in [2.05, 4.69) is 12.2 Å². The normalized spacial score (nSPS) is 18.0. The molecule has 2 aromatic rings. The zero-order chi connectivity index (χ0) is 15.0. The van der Waals surface area contributed by atoms with Gasteiger partial charge in [-0.25, -0.2) is 4.79 Å². The highest BCUT2D eigenvalue weighted by atomic mass is 16.5. The third kappa shape index (κ3) is 2.28. The number of amides is 1. The highest BCUT2D eigenvalue weighted by Gasteiger charge is 2.23. The molecule has 1 aliphatic rings. The highest BCUT2D eigenvalue weighted by molar-refractivity contribution is 6.01. The molecule has 110 valence electrons. The van der Waals surface area contributed by atoms with Crippen LogP contribution in [0, 0.1) is 0 Å². The molecular weight excluding hydrogens is 268 g/mol. The van der Waals surface area contributed by atoms with Crippen molar-refractivity contribution >= 4 is 22.8 Å². The number of rotatable bonds is 2. The van der Waals surface area contributed by atoms with Crippen LogP contribution >= 0.6 is 0 Å². The van der Waals surface area contributed by atoms with Crippen molar-refractivity contribution in [3.63, 3.8) is 0 Å². The lowest BCUT2D eigenvalue weighted by Crippen LogP contribution is -2.22. The zero-order valence-corrected chi connectivity index (χ0v) is 12.2. The van der Waals surface area contributed by atoms with Crippen LogP contribution in [0.25, 0.3) is 10.9 Å². The van der Waals surface area contributed by atoms with Crippen LogP contribution in [0.1, 0.15) is 47.2 Å². The quantitative estimate of drug-likeness (QED) is 0.863. The second-order valence-electron chi connectivity index (χ2n) is 5.29. The van der Waals surface area contributed by atoms with E-state index in [0.29, 0.717) is 24.4 Å². The number of aromatic nitrogens is 1. The van der Waals surface area contributed by atoms with Crippen LogP contribution in [0.5, 0.6) is 0 Å². The summed E-state index contributed by atoms with van der Waals surface area (Å²) in [6, 6.07) is 7.49. The first kappa shape index (κ1) is 13.7. The number of carbonyl (C=O) groups excluding carboxylic acids is 2. The minimum absolute atomic E-state index is 0.0618. The number of ether oxygens (including phenoxy) is 1. The SMILES string of the molecule is CCOC(=O)c1ccc2cc3n(c2c1)[C@H](C)CCNC3=O. The highest BCUT2D eigenvalue weighted by Crippen LogP contribution is 2.28.